The molecule has 2 nitrogen and oxygen atoms in total. The van der Waals surface area contributed by atoms with Crippen molar-refractivity contribution < 1.29 is 0 Å². The van der Waals surface area contributed by atoms with Crippen molar-refractivity contribution in [3.8, 4) is 11.3 Å². The van der Waals surface area contributed by atoms with Gasteiger partial charge < -0.3 is 4.98 Å². The average Bonchev–Trinajstić information content (AvgIpc) is 2.49. The standard InChI is InChI=1S/C18H16BrNO/c1-10-9-14-15(11(2)16(10)19)18(21)12(3)17(20-14)13-7-5-4-6-8-13/h4-9H,1-3H3,(H,20,21). The fourth-order valence-corrected chi connectivity index (χ4v) is 3.09. The van der Waals surface area contributed by atoms with Gasteiger partial charge in [-0.15, -0.1) is 0 Å². The number of hydrogen-bond acceptors (Lipinski definition) is 1. The molecular formula is C18H16BrNO. The molecule has 1 aromatic heterocycles. The first-order valence-corrected chi connectivity index (χ1v) is 7.67. The highest BCUT2D eigenvalue weighted by Gasteiger charge is 2.14. The van der Waals surface area contributed by atoms with Crippen LogP contribution < -0.4 is 5.43 Å². The van der Waals surface area contributed by atoms with Crippen LogP contribution in [0.1, 0.15) is 16.7 Å². The summed E-state index contributed by atoms with van der Waals surface area (Å²) in [7, 11) is 0. The lowest BCUT2D eigenvalue weighted by Gasteiger charge is -2.12. The third-order valence-electron chi connectivity index (χ3n) is 3.95. The molecule has 0 unspecified atom stereocenters. The van der Waals surface area contributed by atoms with Gasteiger partial charge in [-0.05, 0) is 43.5 Å². The maximum absolute atomic E-state index is 12.8. The summed E-state index contributed by atoms with van der Waals surface area (Å²) >= 11 is 3.57. The summed E-state index contributed by atoms with van der Waals surface area (Å²) in [5.41, 5.74) is 5.80. The first-order valence-electron chi connectivity index (χ1n) is 6.88. The van der Waals surface area contributed by atoms with E-state index in [-0.39, 0.29) is 5.43 Å². The molecule has 0 aliphatic heterocycles. The number of halogens is 1. The van der Waals surface area contributed by atoms with E-state index >= 15 is 0 Å². The van der Waals surface area contributed by atoms with Crippen LogP contribution in [0, 0.1) is 20.8 Å². The molecule has 3 heteroatoms. The topological polar surface area (TPSA) is 32.9 Å². The second kappa shape index (κ2) is 5.15. The normalized spacial score (nSPS) is 11.0. The van der Waals surface area contributed by atoms with Crippen LogP contribution in [0.4, 0.5) is 0 Å². The van der Waals surface area contributed by atoms with E-state index < -0.39 is 0 Å². The van der Waals surface area contributed by atoms with Gasteiger partial charge in [0.25, 0.3) is 0 Å². The van der Waals surface area contributed by atoms with E-state index in [1.165, 1.54) is 0 Å². The van der Waals surface area contributed by atoms with Crippen LogP contribution in [0.2, 0.25) is 0 Å². The molecule has 2 aromatic carbocycles. The van der Waals surface area contributed by atoms with Gasteiger partial charge >= 0.3 is 0 Å². The zero-order valence-electron chi connectivity index (χ0n) is 12.3. The molecule has 106 valence electrons. The molecule has 0 amide bonds. The zero-order valence-corrected chi connectivity index (χ0v) is 13.8. The van der Waals surface area contributed by atoms with E-state index in [0.29, 0.717) is 0 Å². The number of aromatic nitrogens is 1. The second-order valence-corrected chi connectivity index (χ2v) is 6.17. The zero-order chi connectivity index (χ0) is 15.1. The third-order valence-corrected chi connectivity index (χ3v) is 5.17. The average molecular weight is 342 g/mol. The number of hydrogen-bond donors (Lipinski definition) is 1. The van der Waals surface area contributed by atoms with Crippen LogP contribution in [0.5, 0.6) is 0 Å². The fraction of sp³-hybridized carbons (Fsp3) is 0.167. The molecule has 0 aliphatic rings. The van der Waals surface area contributed by atoms with Crippen LogP contribution in [-0.2, 0) is 0 Å². The Hall–Kier alpha value is -1.87. The number of benzene rings is 2. The van der Waals surface area contributed by atoms with E-state index in [4.69, 9.17) is 0 Å². The molecule has 0 bridgehead atoms. The quantitative estimate of drug-likeness (QED) is 0.671. The Morgan fingerprint density at radius 2 is 1.67 bits per heavy atom. The number of pyridine rings is 1. The lowest BCUT2D eigenvalue weighted by Crippen LogP contribution is -2.11. The molecule has 0 saturated heterocycles. The Morgan fingerprint density at radius 1 is 1.00 bits per heavy atom. The van der Waals surface area contributed by atoms with Crippen LogP contribution in [0.25, 0.3) is 22.2 Å². The molecule has 1 N–H and O–H groups in total. The lowest BCUT2D eigenvalue weighted by atomic mass is 10.00. The molecule has 0 spiro atoms. The van der Waals surface area contributed by atoms with Crippen molar-refractivity contribution in [3.63, 3.8) is 0 Å². The van der Waals surface area contributed by atoms with Crippen molar-refractivity contribution in [2.75, 3.05) is 0 Å². The summed E-state index contributed by atoms with van der Waals surface area (Å²) in [6.45, 7) is 5.90. The summed E-state index contributed by atoms with van der Waals surface area (Å²) in [6, 6.07) is 12.0. The molecule has 0 radical (unpaired) electrons. The molecule has 3 rings (SSSR count). The highest BCUT2D eigenvalue weighted by molar-refractivity contribution is 9.10. The molecule has 0 saturated carbocycles. The van der Waals surface area contributed by atoms with E-state index in [9.17, 15) is 4.79 Å². The van der Waals surface area contributed by atoms with Gasteiger partial charge in [0.15, 0.2) is 5.43 Å². The largest absolute Gasteiger partial charge is 0.354 e. The maximum atomic E-state index is 12.8. The van der Waals surface area contributed by atoms with Crippen LogP contribution >= 0.6 is 15.9 Å². The number of aryl methyl sites for hydroxylation is 2. The monoisotopic (exact) mass is 341 g/mol. The smallest absolute Gasteiger partial charge is 0.193 e. The lowest BCUT2D eigenvalue weighted by molar-refractivity contribution is 1.27. The van der Waals surface area contributed by atoms with Gasteiger partial charge in [-0.25, -0.2) is 0 Å². The Bertz CT molecular complexity index is 895. The third kappa shape index (κ3) is 2.22. The Morgan fingerprint density at radius 3 is 2.33 bits per heavy atom. The molecule has 0 aliphatic carbocycles. The Balaban J connectivity index is 2.44. The van der Waals surface area contributed by atoms with Crippen LogP contribution in [0.3, 0.4) is 0 Å². The Kier molecular flexibility index (Phi) is 3.46. The van der Waals surface area contributed by atoms with Gasteiger partial charge in [-0.3, -0.25) is 4.79 Å². The first-order chi connectivity index (χ1) is 10.0. The van der Waals surface area contributed by atoms with Crippen molar-refractivity contribution in [1.82, 2.24) is 4.98 Å². The van der Waals surface area contributed by atoms with Crippen LogP contribution in [-0.4, -0.2) is 4.98 Å². The molecule has 0 fully saturated rings. The number of H-pyrrole nitrogens is 1. The van der Waals surface area contributed by atoms with Crippen molar-refractivity contribution in [2.45, 2.75) is 20.8 Å². The minimum absolute atomic E-state index is 0.0980. The van der Waals surface area contributed by atoms with E-state index in [0.717, 1.165) is 43.3 Å². The van der Waals surface area contributed by atoms with E-state index in [2.05, 4.69) is 20.9 Å². The summed E-state index contributed by atoms with van der Waals surface area (Å²) in [5.74, 6) is 0. The van der Waals surface area contributed by atoms with Crippen LogP contribution in [0.15, 0.2) is 45.7 Å². The van der Waals surface area contributed by atoms with Gasteiger partial charge in [0, 0.05) is 15.4 Å². The van der Waals surface area contributed by atoms with Crippen molar-refractivity contribution in [1.29, 1.82) is 0 Å². The first kappa shape index (κ1) is 14.1. The summed E-state index contributed by atoms with van der Waals surface area (Å²) in [6.07, 6.45) is 0. The molecule has 3 aromatic rings. The maximum Gasteiger partial charge on any atom is 0.193 e. The summed E-state index contributed by atoms with van der Waals surface area (Å²) in [4.78, 5) is 16.2. The SMILES string of the molecule is Cc1cc2[nH]c(-c3ccccc3)c(C)c(=O)c2c(C)c1Br. The van der Waals surface area contributed by atoms with Gasteiger partial charge in [-0.1, -0.05) is 46.3 Å². The summed E-state index contributed by atoms with van der Waals surface area (Å²) < 4.78 is 1.01. The minimum Gasteiger partial charge on any atom is -0.354 e. The predicted octanol–water partition coefficient (Wildman–Crippen LogP) is 4.88. The van der Waals surface area contributed by atoms with Gasteiger partial charge in [-0.2, -0.15) is 0 Å². The Labute approximate surface area is 132 Å². The van der Waals surface area contributed by atoms with E-state index in [1.54, 1.807) is 0 Å². The van der Waals surface area contributed by atoms with E-state index in [1.807, 2.05) is 57.2 Å². The molecule has 1 heterocycles. The number of rotatable bonds is 1. The molecule has 0 atom stereocenters. The molecular weight excluding hydrogens is 326 g/mol. The van der Waals surface area contributed by atoms with Crippen molar-refractivity contribution in [3.05, 3.63) is 67.8 Å². The van der Waals surface area contributed by atoms with Crippen molar-refractivity contribution in [2.24, 2.45) is 0 Å². The minimum atomic E-state index is 0.0980. The van der Waals surface area contributed by atoms with Gasteiger partial charge in [0.05, 0.1) is 11.2 Å². The van der Waals surface area contributed by atoms with Gasteiger partial charge in [0.2, 0.25) is 0 Å². The highest BCUT2D eigenvalue weighted by atomic mass is 79.9. The van der Waals surface area contributed by atoms with Crippen molar-refractivity contribution >= 4 is 26.8 Å². The number of fused-ring (bicyclic) bond motifs is 1. The van der Waals surface area contributed by atoms with Gasteiger partial charge in [0.1, 0.15) is 0 Å². The molecule has 21 heavy (non-hydrogen) atoms. The fourth-order valence-electron chi connectivity index (χ4n) is 2.77. The predicted molar refractivity (Wildman–Crippen MR) is 91.9 cm³/mol. The highest BCUT2D eigenvalue weighted by Crippen LogP contribution is 2.29. The second-order valence-electron chi connectivity index (χ2n) is 5.38. The summed E-state index contributed by atoms with van der Waals surface area (Å²) in [5, 5.41) is 0.768. The number of aromatic amines is 1. The number of nitrogens with one attached hydrogen (secondary N) is 1.